The van der Waals surface area contributed by atoms with E-state index in [-0.39, 0.29) is 17.5 Å². The molecule has 10 rings (SSSR count). The van der Waals surface area contributed by atoms with Gasteiger partial charge < -0.3 is 0 Å². The average Bonchev–Trinajstić information content (AvgIpc) is 3.35. The van der Waals surface area contributed by atoms with Crippen LogP contribution in [0.5, 0.6) is 0 Å². The fourth-order valence-corrected chi connectivity index (χ4v) is 8.09. The minimum absolute atomic E-state index is 0.288. The normalized spacial score (nSPS) is 11.1. The van der Waals surface area contributed by atoms with E-state index < -0.39 is 0 Å². The van der Waals surface area contributed by atoms with Crippen molar-refractivity contribution in [1.82, 2.24) is 15.0 Å². The van der Waals surface area contributed by atoms with Crippen LogP contribution >= 0.6 is 0 Å². The Morgan fingerprint density at radius 2 is 0.444 bits per heavy atom. The van der Waals surface area contributed by atoms with E-state index in [9.17, 15) is 13.2 Å². The summed E-state index contributed by atoms with van der Waals surface area (Å²) in [5.74, 6) is -0.864. The minimum Gasteiger partial charge on any atom is -0.256 e. The highest BCUT2D eigenvalue weighted by molar-refractivity contribution is 5.94. The SMILES string of the molecule is Fc1ccc(-c2ccc(-c3ccccc3-c3cc(-c4ccccc4-c4ccc(-c5ccc(F)cc5)nc4)cc(-c4ccccc4-c4ccc(-c5ccc(F)cc5)nc4)c3)cn2)cc1. The van der Waals surface area contributed by atoms with Crippen LogP contribution in [0.4, 0.5) is 13.2 Å². The molecule has 0 saturated heterocycles. The zero-order chi connectivity index (χ0) is 42.7. The molecule has 3 heterocycles. The lowest BCUT2D eigenvalue weighted by molar-refractivity contribution is 0.627. The topological polar surface area (TPSA) is 38.7 Å². The summed E-state index contributed by atoms with van der Waals surface area (Å²) in [6.45, 7) is 0. The molecule has 0 saturated carbocycles. The number of hydrogen-bond acceptors (Lipinski definition) is 3. The molecule has 0 radical (unpaired) electrons. The number of benzene rings is 7. The summed E-state index contributed by atoms with van der Waals surface area (Å²) in [4.78, 5) is 14.4. The number of pyridine rings is 3. The summed E-state index contributed by atoms with van der Waals surface area (Å²) in [7, 11) is 0. The van der Waals surface area contributed by atoms with E-state index in [1.165, 1.54) is 36.4 Å². The molecule has 0 aliphatic rings. The van der Waals surface area contributed by atoms with Crippen LogP contribution in [0.1, 0.15) is 0 Å². The molecule has 0 spiro atoms. The zero-order valence-corrected chi connectivity index (χ0v) is 33.8. The standard InChI is InChI=1S/C57H36F3N3/c58-46-22-13-37(14-23-46)55-28-19-40(34-61-55)49-7-1-4-10-52(49)43-31-44(53-11-5-2-8-50(53)41-20-29-56(62-35-41)38-15-24-47(59)25-16-38)33-45(32-43)54-12-6-3-9-51(54)42-21-30-57(63-36-42)39-17-26-48(60)27-18-39/h1-36H. The number of rotatable bonds is 9. The lowest BCUT2D eigenvalue weighted by Gasteiger charge is -2.18. The van der Waals surface area contributed by atoms with Gasteiger partial charge in [0.25, 0.3) is 0 Å². The summed E-state index contributed by atoms with van der Waals surface area (Å²) in [6.07, 6.45) is 5.62. The van der Waals surface area contributed by atoms with E-state index in [0.29, 0.717) is 0 Å². The number of nitrogens with zero attached hydrogens (tertiary/aromatic N) is 3. The summed E-state index contributed by atoms with van der Waals surface area (Å²) < 4.78 is 41.1. The van der Waals surface area contributed by atoms with Gasteiger partial charge in [0.05, 0.1) is 17.1 Å². The van der Waals surface area contributed by atoms with Gasteiger partial charge in [-0.05, 0) is 159 Å². The Bertz CT molecular complexity index is 2840. The maximum absolute atomic E-state index is 13.7. The van der Waals surface area contributed by atoms with E-state index in [1.54, 1.807) is 36.4 Å². The van der Waals surface area contributed by atoms with Gasteiger partial charge in [0, 0.05) is 52.0 Å². The lowest BCUT2D eigenvalue weighted by atomic mass is 9.86. The third-order valence-corrected chi connectivity index (χ3v) is 11.3. The lowest BCUT2D eigenvalue weighted by Crippen LogP contribution is -1.93. The smallest absolute Gasteiger partial charge is 0.123 e. The highest BCUT2D eigenvalue weighted by Gasteiger charge is 2.17. The van der Waals surface area contributed by atoms with Gasteiger partial charge in [0.15, 0.2) is 0 Å². The van der Waals surface area contributed by atoms with Crippen molar-refractivity contribution in [1.29, 1.82) is 0 Å². The molecule has 0 fully saturated rings. The van der Waals surface area contributed by atoms with Gasteiger partial charge in [-0.3, -0.25) is 15.0 Å². The van der Waals surface area contributed by atoms with Crippen LogP contribution in [0, 0.1) is 17.5 Å². The molecule has 0 unspecified atom stereocenters. The van der Waals surface area contributed by atoms with Gasteiger partial charge in [-0.1, -0.05) is 91.0 Å². The second-order valence-corrected chi connectivity index (χ2v) is 15.3. The molecule has 63 heavy (non-hydrogen) atoms. The van der Waals surface area contributed by atoms with Crippen molar-refractivity contribution in [2.75, 3.05) is 0 Å². The molecule has 0 atom stereocenters. The molecule has 10 aromatic rings. The average molecular weight is 820 g/mol. The first-order valence-corrected chi connectivity index (χ1v) is 20.5. The van der Waals surface area contributed by atoms with Gasteiger partial charge in [0.2, 0.25) is 0 Å². The van der Waals surface area contributed by atoms with Crippen LogP contribution in [0.3, 0.4) is 0 Å². The molecule has 0 aliphatic carbocycles. The van der Waals surface area contributed by atoms with E-state index >= 15 is 0 Å². The number of hydrogen-bond donors (Lipinski definition) is 0. The van der Waals surface area contributed by atoms with Gasteiger partial charge in [-0.25, -0.2) is 13.2 Å². The van der Waals surface area contributed by atoms with Crippen LogP contribution < -0.4 is 0 Å². The predicted octanol–water partition coefficient (Wildman–Crippen LogP) is 15.3. The Morgan fingerprint density at radius 1 is 0.222 bits per heavy atom. The van der Waals surface area contributed by atoms with Gasteiger partial charge in [0.1, 0.15) is 17.5 Å². The maximum Gasteiger partial charge on any atom is 0.123 e. The Morgan fingerprint density at radius 3 is 0.667 bits per heavy atom. The second kappa shape index (κ2) is 17.0. The van der Waals surface area contributed by atoms with Crippen molar-refractivity contribution in [3.8, 4) is 101 Å². The van der Waals surface area contributed by atoms with Crippen LogP contribution in [-0.4, -0.2) is 15.0 Å². The Kier molecular flexibility index (Phi) is 10.5. The molecule has 0 bridgehead atoms. The monoisotopic (exact) mass is 819 g/mol. The quantitative estimate of drug-likeness (QED) is 0.146. The van der Waals surface area contributed by atoms with Crippen LogP contribution in [0.25, 0.3) is 101 Å². The first kappa shape index (κ1) is 38.9. The molecular formula is C57H36F3N3. The molecule has 3 aromatic heterocycles. The third kappa shape index (κ3) is 8.18. The fourth-order valence-electron chi connectivity index (χ4n) is 8.09. The molecule has 6 heteroatoms. The largest absolute Gasteiger partial charge is 0.256 e. The molecule has 0 aliphatic heterocycles. The highest BCUT2D eigenvalue weighted by atomic mass is 19.1. The summed E-state index contributed by atoms with van der Waals surface area (Å²) in [6, 6.07) is 62.9. The molecule has 300 valence electrons. The molecule has 0 amide bonds. The minimum atomic E-state index is -0.288. The van der Waals surface area contributed by atoms with Crippen LogP contribution in [0.15, 0.2) is 219 Å². The maximum atomic E-state index is 13.7. The first-order chi connectivity index (χ1) is 30.9. The van der Waals surface area contributed by atoms with E-state index in [0.717, 1.165) is 101 Å². The zero-order valence-electron chi connectivity index (χ0n) is 33.8. The van der Waals surface area contributed by atoms with E-state index in [1.807, 2.05) is 55.0 Å². The van der Waals surface area contributed by atoms with Crippen molar-refractivity contribution in [2.24, 2.45) is 0 Å². The number of halogens is 3. The summed E-state index contributed by atoms with van der Waals surface area (Å²) in [5.41, 5.74) is 16.8. The van der Waals surface area contributed by atoms with E-state index in [2.05, 4.69) is 91.0 Å². The molecule has 3 nitrogen and oxygen atoms in total. The van der Waals surface area contributed by atoms with Gasteiger partial charge >= 0.3 is 0 Å². The highest BCUT2D eigenvalue weighted by Crippen LogP contribution is 2.42. The Labute approximate surface area is 363 Å². The fraction of sp³-hybridized carbons (Fsp3) is 0. The van der Waals surface area contributed by atoms with Crippen molar-refractivity contribution in [3.05, 3.63) is 236 Å². The first-order valence-electron chi connectivity index (χ1n) is 20.5. The predicted molar refractivity (Wildman–Crippen MR) is 249 cm³/mol. The summed E-state index contributed by atoms with van der Waals surface area (Å²) in [5, 5.41) is 0. The molecule has 0 N–H and O–H groups in total. The number of aromatic nitrogens is 3. The van der Waals surface area contributed by atoms with Crippen molar-refractivity contribution in [3.63, 3.8) is 0 Å². The van der Waals surface area contributed by atoms with Crippen LogP contribution in [0.2, 0.25) is 0 Å². The van der Waals surface area contributed by atoms with Crippen LogP contribution in [-0.2, 0) is 0 Å². The molecule has 7 aromatic carbocycles. The van der Waals surface area contributed by atoms with Gasteiger partial charge in [-0.2, -0.15) is 0 Å². The Balaban J connectivity index is 1.10. The Hall–Kier alpha value is -8.22. The second-order valence-electron chi connectivity index (χ2n) is 15.3. The van der Waals surface area contributed by atoms with Crippen molar-refractivity contribution >= 4 is 0 Å². The summed E-state index contributed by atoms with van der Waals surface area (Å²) >= 11 is 0. The molecular weight excluding hydrogens is 784 g/mol. The third-order valence-electron chi connectivity index (χ3n) is 11.3. The van der Waals surface area contributed by atoms with Crippen molar-refractivity contribution < 1.29 is 13.2 Å². The van der Waals surface area contributed by atoms with E-state index in [4.69, 9.17) is 15.0 Å². The van der Waals surface area contributed by atoms with Crippen molar-refractivity contribution in [2.45, 2.75) is 0 Å². The van der Waals surface area contributed by atoms with Gasteiger partial charge in [-0.15, -0.1) is 0 Å².